The number of rotatable bonds is 3. The molecule has 2 aromatic carbocycles. The standard InChI is InChI=1S/C19H18ClNO4/c1-3-24-19(22)21-11-15-16(23-2)5-4-6-17(15)25-18(12-21)13-7-9-14(20)10-8-13/h3-10,18H,1,11-12H2,2H3. The van der Waals surface area contributed by atoms with Gasteiger partial charge in [-0.25, -0.2) is 4.79 Å². The zero-order valence-corrected chi connectivity index (χ0v) is 14.5. The molecule has 1 aliphatic heterocycles. The second kappa shape index (κ2) is 7.49. The summed E-state index contributed by atoms with van der Waals surface area (Å²) in [6, 6.07) is 12.9. The minimum atomic E-state index is -0.490. The van der Waals surface area contributed by atoms with Crippen LogP contribution in [-0.4, -0.2) is 24.6 Å². The number of ether oxygens (including phenoxy) is 3. The van der Waals surface area contributed by atoms with Crippen molar-refractivity contribution in [3.8, 4) is 11.5 Å². The van der Waals surface area contributed by atoms with Gasteiger partial charge in [0, 0.05) is 5.02 Å². The van der Waals surface area contributed by atoms with Crippen LogP contribution in [-0.2, 0) is 11.3 Å². The molecule has 1 aliphatic rings. The molecule has 0 fully saturated rings. The fourth-order valence-electron chi connectivity index (χ4n) is 2.78. The second-order valence-electron chi connectivity index (χ2n) is 5.53. The zero-order valence-electron chi connectivity index (χ0n) is 13.8. The van der Waals surface area contributed by atoms with Crippen LogP contribution in [0.5, 0.6) is 11.5 Å². The minimum absolute atomic E-state index is 0.316. The topological polar surface area (TPSA) is 48.0 Å². The maximum Gasteiger partial charge on any atom is 0.415 e. The van der Waals surface area contributed by atoms with Crippen molar-refractivity contribution >= 4 is 17.7 Å². The molecule has 6 heteroatoms. The first-order valence-corrected chi connectivity index (χ1v) is 8.14. The largest absolute Gasteiger partial charge is 0.496 e. The van der Waals surface area contributed by atoms with Crippen LogP contribution < -0.4 is 9.47 Å². The van der Waals surface area contributed by atoms with Gasteiger partial charge >= 0.3 is 6.09 Å². The summed E-state index contributed by atoms with van der Waals surface area (Å²) in [7, 11) is 1.59. The lowest BCUT2D eigenvalue weighted by molar-refractivity contribution is 0.110. The average molecular weight is 360 g/mol. The van der Waals surface area contributed by atoms with Crippen LogP contribution in [0.3, 0.4) is 0 Å². The number of carbonyl (C=O) groups is 1. The van der Waals surface area contributed by atoms with Gasteiger partial charge in [-0.15, -0.1) is 0 Å². The number of nitrogens with zero attached hydrogens (tertiary/aromatic N) is 1. The number of carbonyl (C=O) groups excluding carboxylic acids is 1. The van der Waals surface area contributed by atoms with E-state index in [-0.39, 0.29) is 6.10 Å². The van der Waals surface area contributed by atoms with Gasteiger partial charge in [-0.1, -0.05) is 36.4 Å². The van der Waals surface area contributed by atoms with Crippen molar-refractivity contribution in [1.29, 1.82) is 0 Å². The third-order valence-corrected chi connectivity index (χ3v) is 4.25. The molecule has 0 saturated heterocycles. The third-order valence-electron chi connectivity index (χ3n) is 4.00. The molecule has 3 rings (SSSR count). The molecule has 2 aromatic rings. The fraction of sp³-hybridized carbons (Fsp3) is 0.211. The Hall–Kier alpha value is -2.66. The van der Waals surface area contributed by atoms with Gasteiger partial charge in [-0.05, 0) is 29.8 Å². The molecule has 0 aromatic heterocycles. The lowest BCUT2D eigenvalue weighted by Gasteiger charge is -2.23. The Morgan fingerprint density at radius 3 is 2.76 bits per heavy atom. The van der Waals surface area contributed by atoms with Gasteiger partial charge in [0.25, 0.3) is 0 Å². The summed E-state index contributed by atoms with van der Waals surface area (Å²) in [6.07, 6.45) is 0.272. The first-order chi connectivity index (χ1) is 12.1. The van der Waals surface area contributed by atoms with Crippen LogP contribution in [0.25, 0.3) is 0 Å². The molecule has 130 valence electrons. The number of hydrogen-bond acceptors (Lipinski definition) is 4. The maximum atomic E-state index is 12.3. The smallest absolute Gasteiger partial charge is 0.415 e. The van der Waals surface area contributed by atoms with Gasteiger partial charge < -0.3 is 14.2 Å². The maximum absolute atomic E-state index is 12.3. The quantitative estimate of drug-likeness (QED) is 0.753. The van der Waals surface area contributed by atoms with Crippen LogP contribution in [0.1, 0.15) is 17.2 Å². The first-order valence-electron chi connectivity index (χ1n) is 7.77. The van der Waals surface area contributed by atoms with Crippen molar-refractivity contribution in [2.24, 2.45) is 0 Å². The van der Waals surface area contributed by atoms with E-state index in [9.17, 15) is 4.79 Å². The average Bonchev–Trinajstić information content (AvgIpc) is 2.82. The summed E-state index contributed by atoms with van der Waals surface area (Å²) in [5, 5.41) is 0.641. The number of amides is 1. The Morgan fingerprint density at radius 2 is 2.08 bits per heavy atom. The van der Waals surface area contributed by atoms with Gasteiger partial charge in [0.1, 0.15) is 17.6 Å². The molecular formula is C19H18ClNO4. The zero-order chi connectivity index (χ0) is 17.8. The van der Waals surface area contributed by atoms with Crippen LogP contribution in [0.4, 0.5) is 4.79 Å². The lowest BCUT2D eigenvalue weighted by atomic mass is 10.1. The highest BCUT2D eigenvalue weighted by atomic mass is 35.5. The van der Waals surface area contributed by atoms with Crippen molar-refractivity contribution in [2.75, 3.05) is 13.7 Å². The molecular weight excluding hydrogens is 342 g/mol. The molecule has 1 amide bonds. The summed E-state index contributed by atoms with van der Waals surface area (Å²) in [6.45, 7) is 4.08. The van der Waals surface area contributed by atoms with E-state index in [0.717, 1.165) is 17.4 Å². The predicted molar refractivity (Wildman–Crippen MR) is 94.9 cm³/mol. The van der Waals surface area contributed by atoms with E-state index in [4.69, 9.17) is 25.8 Å². The van der Waals surface area contributed by atoms with E-state index in [1.165, 1.54) is 0 Å². The Morgan fingerprint density at radius 1 is 1.32 bits per heavy atom. The third kappa shape index (κ3) is 3.72. The normalized spacial score (nSPS) is 16.2. The highest BCUT2D eigenvalue weighted by molar-refractivity contribution is 6.30. The summed E-state index contributed by atoms with van der Waals surface area (Å²) < 4.78 is 16.6. The summed E-state index contributed by atoms with van der Waals surface area (Å²) in [5.74, 6) is 1.33. The molecule has 0 spiro atoms. The molecule has 0 radical (unpaired) electrons. The Labute approximate surface area is 151 Å². The summed E-state index contributed by atoms with van der Waals surface area (Å²) >= 11 is 5.97. The van der Waals surface area contributed by atoms with E-state index in [0.29, 0.717) is 29.6 Å². The van der Waals surface area contributed by atoms with Crippen LogP contribution in [0.2, 0.25) is 5.02 Å². The Kier molecular flexibility index (Phi) is 5.14. The van der Waals surface area contributed by atoms with Gasteiger partial charge in [0.2, 0.25) is 0 Å². The van der Waals surface area contributed by atoms with Gasteiger partial charge in [0.05, 0.1) is 32.0 Å². The predicted octanol–water partition coefficient (Wildman–Crippen LogP) is 4.56. The van der Waals surface area contributed by atoms with Crippen molar-refractivity contribution in [3.05, 3.63) is 71.5 Å². The number of fused-ring (bicyclic) bond motifs is 1. The number of benzene rings is 2. The highest BCUT2D eigenvalue weighted by Crippen LogP contribution is 2.36. The molecule has 1 unspecified atom stereocenters. The molecule has 1 atom stereocenters. The van der Waals surface area contributed by atoms with E-state index < -0.39 is 6.09 Å². The Bertz CT molecular complexity index is 775. The van der Waals surface area contributed by atoms with Crippen LogP contribution >= 0.6 is 11.6 Å². The van der Waals surface area contributed by atoms with E-state index in [1.54, 1.807) is 24.1 Å². The van der Waals surface area contributed by atoms with Crippen LogP contribution in [0.15, 0.2) is 55.3 Å². The van der Waals surface area contributed by atoms with Gasteiger partial charge in [0.15, 0.2) is 0 Å². The molecule has 25 heavy (non-hydrogen) atoms. The van der Waals surface area contributed by atoms with E-state index in [2.05, 4.69) is 6.58 Å². The summed E-state index contributed by atoms with van der Waals surface area (Å²) in [4.78, 5) is 13.9. The lowest BCUT2D eigenvalue weighted by Crippen LogP contribution is -2.33. The van der Waals surface area contributed by atoms with Crippen molar-refractivity contribution in [1.82, 2.24) is 4.90 Å². The van der Waals surface area contributed by atoms with Gasteiger partial charge in [-0.2, -0.15) is 0 Å². The number of hydrogen-bond donors (Lipinski definition) is 0. The summed E-state index contributed by atoms with van der Waals surface area (Å²) in [5.41, 5.74) is 1.71. The van der Waals surface area contributed by atoms with Crippen molar-refractivity contribution < 1.29 is 19.0 Å². The molecule has 5 nitrogen and oxygen atoms in total. The molecule has 1 heterocycles. The Balaban J connectivity index is 2.01. The second-order valence-corrected chi connectivity index (χ2v) is 5.96. The van der Waals surface area contributed by atoms with E-state index in [1.807, 2.05) is 30.3 Å². The minimum Gasteiger partial charge on any atom is -0.496 e. The van der Waals surface area contributed by atoms with Gasteiger partial charge in [-0.3, -0.25) is 4.90 Å². The molecule has 0 aliphatic carbocycles. The highest BCUT2D eigenvalue weighted by Gasteiger charge is 2.29. The number of halogens is 1. The monoisotopic (exact) mass is 359 g/mol. The van der Waals surface area contributed by atoms with E-state index >= 15 is 0 Å². The fourth-order valence-corrected chi connectivity index (χ4v) is 2.91. The molecule has 0 bridgehead atoms. The SMILES string of the molecule is C=COC(=O)N1Cc2c(OC)cccc2OC(c2ccc(Cl)cc2)C1. The van der Waals surface area contributed by atoms with Crippen molar-refractivity contribution in [2.45, 2.75) is 12.6 Å². The molecule has 0 saturated carbocycles. The first kappa shape index (κ1) is 17.2. The van der Waals surface area contributed by atoms with Crippen LogP contribution in [0, 0.1) is 0 Å². The molecule has 0 N–H and O–H groups in total. The number of methoxy groups -OCH3 is 1. The van der Waals surface area contributed by atoms with Crippen molar-refractivity contribution in [3.63, 3.8) is 0 Å².